The Labute approximate surface area is 107 Å². The van der Waals surface area contributed by atoms with Gasteiger partial charge in [0.05, 0.1) is 17.9 Å². The largest absolute Gasteiger partial charge is 0.508 e. The lowest BCUT2D eigenvalue weighted by atomic mass is 10.1. The van der Waals surface area contributed by atoms with E-state index in [9.17, 15) is 15.0 Å². The Morgan fingerprint density at radius 1 is 1.11 bits per heavy atom. The van der Waals surface area contributed by atoms with E-state index >= 15 is 0 Å². The Bertz CT molecular complexity index is 848. The van der Waals surface area contributed by atoms with E-state index in [1.54, 1.807) is 18.2 Å². The first kappa shape index (κ1) is 11.4. The molecule has 0 aliphatic heterocycles. The summed E-state index contributed by atoms with van der Waals surface area (Å²) in [6.07, 6.45) is 0. The van der Waals surface area contributed by atoms with Gasteiger partial charge in [-0.1, -0.05) is 0 Å². The van der Waals surface area contributed by atoms with Crippen molar-refractivity contribution in [2.45, 2.75) is 0 Å². The maximum absolute atomic E-state index is 11.8. The predicted molar refractivity (Wildman–Crippen MR) is 69.9 cm³/mol. The molecular weight excluding hydrogens is 248 g/mol. The molecule has 3 rings (SSSR count). The second-order valence-electron chi connectivity index (χ2n) is 4.14. The Balaban J connectivity index is 2.59. The zero-order chi connectivity index (χ0) is 13.6. The van der Waals surface area contributed by atoms with Crippen LogP contribution < -0.4 is 10.4 Å². The van der Waals surface area contributed by atoms with Gasteiger partial charge in [0.15, 0.2) is 0 Å². The summed E-state index contributed by atoms with van der Waals surface area (Å²) in [5.74, 6) is 0.235. The molecule has 5 nitrogen and oxygen atoms in total. The molecule has 2 N–H and O–H groups in total. The Kier molecular flexibility index (Phi) is 2.35. The van der Waals surface area contributed by atoms with Crippen LogP contribution in [0.3, 0.4) is 0 Å². The van der Waals surface area contributed by atoms with Crippen LogP contribution in [0.15, 0.2) is 39.5 Å². The zero-order valence-corrected chi connectivity index (χ0v) is 10.0. The molecule has 2 aromatic carbocycles. The van der Waals surface area contributed by atoms with Crippen LogP contribution in [0, 0.1) is 0 Å². The fourth-order valence-electron chi connectivity index (χ4n) is 2.13. The molecule has 19 heavy (non-hydrogen) atoms. The molecule has 1 heterocycles. The first-order chi connectivity index (χ1) is 9.10. The average Bonchev–Trinajstić information content (AvgIpc) is 2.37. The predicted octanol–water partition coefficient (Wildman–Crippen LogP) is 2.37. The summed E-state index contributed by atoms with van der Waals surface area (Å²) in [6, 6.07) is 7.34. The molecule has 0 radical (unpaired) electrons. The first-order valence-electron chi connectivity index (χ1n) is 5.56. The van der Waals surface area contributed by atoms with Crippen molar-refractivity contribution in [3.8, 4) is 17.2 Å². The van der Waals surface area contributed by atoms with Crippen LogP contribution in [-0.2, 0) is 0 Å². The summed E-state index contributed by atoms with van der Waals surface area (Å²) in [5.41, 5.74) is -0.404. The second-order valence-corrected chi connectivity index (χ2v) is 4.14. The number of phenols is 2. The smallest absolute Gasteiger partial charge is 0.344 e. The molecule has 0 aliphatic rings. The lowest BCUT2D eigenvalue weighted by Crippen LogP contribution is -2.00. The molecule has 0 bridgehead atoms. The van der Waals surface area contributed by atoms with Crippen LogP contribution in [0.5, 0.6) is 17.2 Å². The summed E-state index contributed by atoms with van der Waals surface area (Å²) < 4.78 is 10.2. The summed E-state index contributed by atoms with van der Waals surface area (Å²) in [5, 5.41) is 20.6. The Morgan fingerprint density at radius 2 is 1.89 bits per heavy atom. The molecule has 0 aliphatic carbocycles. The van der Waals surface area contributed by atoms with Crippen LogP contribution in [0.1, 0.15) is 0 Å². The van der Waals surface area contributed by atoms with E-state index in [0.29, 0.717) is 21.9 Å². The fraction of sp³-hybridized carbons (Fsp3) is 0.0714. The van der Waals surface area contributed by atoms with Crippen molar-refractivity contribution in [3.63, 3.8) is 0 Å². The number of hydrogen-bond acceptors (Lipinski definition) is 5. The van der Waals surface area contributed by atoms with Crippen molar-refractivity contribution in [2.24, 2.45) is 0 Å². The average molecular weight is 258 g/mol. The third-order valence-electron chi connectivity index (χ3n) is 2.98. The number of rotatable bonds is 1. The van der Waals surface area contributed by atoms with Crippen molar-refractivity contribution in [3.05, 3.63) is 40.8 Å². The van der Waals surface area contributed by atoms with Crippen molar-refractivity contribution in [1.82, 2.24) is 0 Å². The molecule has 5 heteroatoms. The molecule has 1 aromatic heterocycles. The number of aromatic hydroxyl groups is 2. The van der Waals surface area contributed by atoms with E-state index in [1.807, 2.05) is 0 Å². The van der Waals surface area contributed by atoms with E-state index < -0.39 is 5.63 Å². The van der Waals surface area contributed by atoms with Crippen molar-refractivity contribution < 1.29 is 19.4 Å². The highest BCUT2D eigenvalue weighted by Gasteiger charge is 2.13. The lowest BCUT2D eigenvalue weighted by Gasteiger charge is -2.07. The van der Waals surface area contributed by atoms with Crippen molar-refractivity contribution in [1.29, 1.82) is 0 Å². The molecule has 0 amide bonds. The third kappa shape index (κ3) is 1.67. The summed E-state index contributed by atoms with van der Waals surface area (Å²) in [4.78, 5) is 11.8. The topological polar surface area (TPSA) is 79.9 Å². The highest BCUT2D eigenvalue weighted by atomic mass is 16.5. The highest BCUT2D eigenvalue weighted by Crippen LogP contribution is 2.35. The SMILES string of the molecule is COc1ccc2c(=O)oc3cc(O)cc(O)c3c2c1. The van der Waals surface area contributed by atoms with Gasteiger partial charge in [-0.05, 0) is 18.2 Å². The van der Waals surface area contributed by atoms with Crippen molar-refractivity contribution in [2.75, 3.05) is 7.11 Å². The summed E-state index contributed by atoms with van der Waals surface area (Å²) in [6.45, 7) is 0. The van der Waals surface area contributed by atoms with E-state index in [1.165, 1.54) is 19.2 Å². The van der Waals surface area contributed by atoms with Crippen LogP contribution in [-0.4, -0.2) is 17.3 Å². The molecular formula is C14H10O5. The van der Waals surface area contributed by atoms with Gasteiger partial charge in [-0.2, -0.15) is 0 Å². The van der Waals surface area contributed by atoms with Crippen LogP contribution >= 0.6 is 0 Å². The maximum Gasteiger partial charge on any atom is 0.344 e. The van der Waals surface area contributed by atoms with Crippen LogP contribution in [0.4, 0.5) is 0 Å². The minimum atomic E-state index is -0.532. The Morgan fingerprint density at radius 3 is 2.63 bits per heavy atom. The van der Waals surface area contributed by atoms with Gasteiger partial charge in [0.25, 0.3) is 0 Å². The number of methoxy groups -OCH3 is 1. The van der Waals surface area contributed by atoms with Gasteiger partial charge < -0.3 is 19.4 Å². The highest BCUT2D eigenvalue weighted by molar-refractivity contribution is 6.08. The number of fused-ring (bicyclic) bond motifs is 3. The molecule has 3 aromatic rings. The zero-order valence-electron chi connectivity index (χ0n) is 10.0. The Hall–Kier alpha value is -2.69. The van der Waals surface area contributed by atoms with Crippen LogP contribution in [0.2, 0.25) is 0 Å². The first-order valence-corrected chi connectivity index (χ1v) is 5.56. The molecule has 0 saturated heterocycles. The van der Waals surface area contributed by atoms with E-state index in [0.717, 1.165) is 0 Å². The van der Waals surface area contributed by atoms with Gasteiger partial charge in [-0.25, -0.2) is 4.79 Å². The summed E-state index contributed by atoms with van der Waals surface area (Å²) >= 11 is 0. The number of benzene rings is 2. The van der Waals surface area contributed by atoms with E-state index in [2.05, 4.69) is 0 Å². The molecule has 96 valence electrons. The quantitative estimate of drug-likeness (QED) is 0.517. The number of hydrogen-bond donors (Lipinski definition) is 2. The molecule has 0 spiro atoms. The monoisotopic (exact) mass is 258 g/mol. The van der Waals surface area contributed by atoms with Gasteiger partial charge in [-0.3, -0.25) is 0 Å². The van der Waals surface area contributed by atoms with Gasteiger partial charge in [0, 0.05) is 17.5 Å². The molecule has 0 atom stereocenters. The van der Waals surface area contributed by atoms with Gasteiger partial charge >= 0.3 is 5.63 Å². The summed E-state index contributed by atoms with van der Waals surface area (Å²) in [7, 11) is 1.51. The van der Waals surface area contributed by atoms with E-state index in [-0.39, 0.29) is 17.1 Å². The third-order valence-corrected chi connectivity index (χ3v) is 2.98. The van der Waals surface area contributed by atoms with Gasteiger partial charge in [0.1, 0.15) is 22.8 Å². The lowest BCUT2D eigenvalue weighted by molar-refractivity contribution is 0.415. The van der Waals surface area contributed by atoms with Gasteiger partial charge in [0.2, 0.25) is 0 Å². The fourth-order valence-corrected chi connectivity index (χ4v) is 2.13. The minimum absolute atomic E-state index is 0.128. The minimum Gasteiger partial charge on any atom is -0.508 e. The number of phenolic OH excluding ortho intramolecular Hbond substituents is 2. The van der Waals surface area contributed by atoms with E-state index in [4.69, 9.17) is 9.15 Å². The standard InChI is InChI=1S/C14H10O5/c1-18-8-2-3-9-10(6-8)13-11(16)4-7(15)5-12(13)19-14(9)17/h2-6,15-16H,1H3. The van der Waals surface area contributed by atoms with Gasteiger partial charge in [-0.15, -0.1) is 0 Å². The molecule has 0 fully saturated rings. The number of ether oxygens (including phenoxy) is 1. The van der Waals surface area contributed by atoms with Crippen molar-refractivity contribution >= 4 is 21.7 Å². The second kappa shape index (κ2) is 3.91. The maximum atomic E-state index is 11.8. The molecule has 0 saturated carbocycles. The normalized spacial score (nSPS) is 11.0. The van der Waals surface area contributed by atoms with Crippen LogP contribution in [0.25, 0.3) is 21.7 Å². The molecule has 0 unspecified atom stereocenters.